The number of amides is 1. The van der Waals surface area contributed by atoms with Crippen molar-refractivity contribution in [1.29, 1.82) is 0 Å². The number of nitrogens with one attached hydrogen (secondary N) is 1. The van der Waals surface area contributed by atoms with Crippen LogP contribution in [0.25, 0.3) is 0 Å². The van der Waals surface area contributed by atoms with Gasteiger partial charge in [0.25, 0.3) is 5.91 Å². The van der Waals surface area contributed by atoms with E-state index in [1.54, 1.807) is 18.1 Å². The molecule has 1 N–H and O–H groups in total. The summed E-state index contributed by atoms with van der Waals surface area (Å²) >= 11 is 0. The highest BCUT2D eigenvalue weighted by Gasteiger charge is 2.14. The zero-order valence-corrected chi connectivity index (χ0v) is 15.0. The van der Waals surface area contributed by atoms with Crippen molar-refractivity contribution in [3.05, 3.63) is 83.8 Å². The largest absolute Gasteiger partial charge is 0.339 e. The molecule has 132 valence electrons. The van der Waals surface area contributed by atoms with Crippen molar-refractivity contribution in [3.63, 3.8) is 0 Å². The van der Waals surface area contributed by atoms with E-state index in [9.17, 15) is 4.79 Å². The van der Waals surface area contributed by atoms with Gasteiger partial charge in [-0.3, -0.25) is 4.79 Å². The molecule has 1 aromatic heterocycles. The van der Waals surface area contributed by atoms with Crippen LogP contribution >= 0.6 is 0 Å². The average Bonchev–Trinajstić information content (AvgIpc) is 2.69. The lowest BCUT2D eigenvalue weighted by Crippen LogP contribution is -2.27. The molecular formula is C21H22N4O. The van der Waals surface area contributed by atoms with E-state index in [-0.39, 0.29) is 5.91 Å². The molecule has 0 saturated carbocycles. The normalized spacial score (nSPS) is 10.4. The van der Waals surface area contributed by atoms with Gasteiger partial charge in [-0.2, -0.15) is 0 Å². The Hall–Kier alpha value is -3.21. The Kier molecular flexibility index (Phi) is 5.59. The van der Waals surface area contributed by atoms with Crippen molar-refractivity contribution in [2.24, 2.45) is 0 Å². The molecule has 0 atom stereocenters. The minimum atomic E-state index is -0.151. The highest BCUT2D eigenvalue weighted by atomic mass is 16.2. The molecule has 0 saturated heterocycles. The molecule has 0 aliphatic heterocycles. The fourth-order valence-electron chi connectivity index (χ4n) is 2.72. The molecule has 2 aromatic carbocycles. The van der Waals surface area contributed by atoms with Crippen LogP contribution in [0.4, 0.5) is 11.5 Å². The molecule has 5 nitrogen and oxygen atoms in total. The van der Waals surface area contributed by atoms with Crippen LogP contribution in [0.1, 0.15) is 28.5 Å². The lowest BCUT2D eigenvalue weighted by atomic mass is 10.1. The maximum atomic E-state index is 12.5. The molecule has 5 heteroatoms. The summed E-state index contributed by atoms with van der Waals surface area (Å²) < 4.78 is 0. The number of aromatic nitrogens is 2. The molecule has 0 spiro atoms. The van der Waals surface area contributed by atoms with Crippen molar-refractivity contribution in [3.8, 4) is 0 Å². The van der Waals surface area contributed by atoms with Gasteiger partial charge in [0.1, 0.15) is 11.5 Å². The number of benzene rings is 2. The molecule has 0 unspecified atom stereocenters. The Balaban J connectivity index is 1.68. The smallest absolute Gasteiger partial charge is 0.274 e. The summed E-state index contributed by atoms with van der Waals surface area (Å²) in [4.78, 5) is 22.8. The number of carbonyl (C=O) groups is 1. The third-order valence-corrected chi connectivity index (χ3v) is 4.14. The molecule has 0 aliphatic rings. The predicted molar refractivity (Wildman–Crippen MR) is 103 cm³/mol. The van der Waals surface area contributed by atoms with E-state index in [1.807, 2.05) is 48.5 Å². The molecule has 0 aliphatic carbocycles. The zero-order valence-electron chi connectivity index (χ0n) is 15.0. The number of rotatable bonds is 6. The van der Waals surface area contributed by atoms with Crippen molar-refractivity contribution in [2.75, 3.05) is 12.4 Å². The first-order chi connectivity index (χ1) is 12.7. The fourth-order valence-corrected chi connectivity index (χ4v) is 2.72. The summed E-state index contributed by atoms with van der Waals surface area (Å²) in [5.74, 6) is 0.468. The van der Waals surface area contributed by atoms with Gasteiger partial charge in [0.2, 0.25) is 0 Å². The molecule has 0 bridgehead atoms. The predicted octanol–water partition coefficient (Wildman–Crippen LogP) is 4.05. The minimum absolute atomic E-state index is 0.151. The van der Waals surface area contributed by atoms with Gasteiger partial charge in [0.05, 0.1) is 12.4 Å². The molecule has 1 heterocycles. The zero-order chi connectivity index (χ0) is 18.4. The molecule has 1 amide bonds. The van der Waals surface area contributed by atoms with Gasteiger partial charge in [-0.05, 0) is 23.6 Å². The van der Waals surface area contributed by atoms with Gasteiger partial charge < -0.3 is 10.2 Å². The van der Waals surface area contributed by atoms with Crippen molar-refractivity contribution < 1.29 is 4.79 Å². The van der Waals surface area contributed by atoms with Gasteiger partial charge in [-0.15, -0.1) is 0 Å². The van der Waals surface area contributed by atoms with Crippen LogP contribution in [0.3, 0.4) is 0 Å². The lowest BCUT2D eigenvalue weighted by Gasteiger charge is -2.17. The van der Waals surface area contributed by atoms with Gasteiger partial charge in [-0.25, -0.2) is 9.97 Å². The van der Waals surface area contributed by atoms with Crippen LogP contribution in [0, 0.1) is 0 Å². The summed E-state index contributed by atoms with van der Waals surface area (Å²) in [6.45, 7) is 2.64. The van der Waals surface area contributed by atoms with E-state index < -0.39 is 0 Å². The quantitative estimate of drug-likeness (QED) is 0.731. The summed E-state index contributed by atoms with van der Waals surface area (Å²) in [7, 11) is 1.76. The van der Waals surface area contributed by atoms with E-state index >= 15 is 0 Å². The molecular weight excluding hydrogens is 324 g/mol. The van der Waals surface area contributed by atoms with Gasteiger partial charge in [-0.1, -0.05) is 55.5 Å². The number of nitrogens with zero attached hydrogens (tertiary/aromatic N) is 3. The standard InChI is InChI=1S/C21H22N4O/c1-3-17-11-7-8-12-18(17)24-20-14-22-19(13-23-20)21(26)25(2)15-16-9-5-4-6-10-16/h4-14H,3,15H2,1-2H3,(H,23,24). The number of hydrogen-bond donors (Lipinski definition) is 1. The van der Waals surface area contributed by atoms with E-state index in [2.05, 4.69) is 28.3 Å². The first kappa shape index (κ1) is 17.6. The van der Waals surface area contributed by atoms with Crippen molar-refractivity contribution in [2.45, 2.75) is 19.9 Å². The number of hydrogen-bond acceptors (Lipinski definition) is 4. The van der Waals surface area contributed by atoms with E-state index in [0.29, 0.717) is 18.1 Å². The first-order valence-electron chi connectivity index (χ1n) is 8.63. The Morgan fingerprint density at radius 3 is 2.42 bits per heavy atom. The molecule has 3 rings (SSSR count). The van der Waals surface area contributed by atoms with Gasteiger partial charge >= 0.3 is 0 Å². The van der Waals surface area contributed by atoms with E-state index in [1.165, 1.54) is 11.8 Å². The van der Waals surface area contributed by atoms with Crippen LogP contribution in [0.15, 0.2) is 67.0 Å². The molecule has 26 heavy (non-hydrogen) atoms. The summed E-state index contributed by atoms with van der Waals surface area (Å²) in [6, 6.07) is 17.9. The highest BCUT2D eigenvalue weighted by molar-refractivity contribution is 5.91. The Morgan fingerprint density at radius 2 is 1.73 bits per heavy atom. The lowest BCUT2D eigenvalue weighted by molar-refractivity contribution is 0.0779. The highest BCUT2D eigenvalue weighted by Crippen LogP contribution is 2.19. The fraction of sp³-hybridized carbons (Fsp3) is 0.190. The second-order valence-corrected chi connectivity index (χ2v) is 6.07. The molecule has 0 radical (unpaired) electrons. The first-order valence-corrected chi connectivity index (χ1v) is 8.63. The van der Waals surface area contributed by atoms with Crippen LogP contribution in [0.2, 0.25) is 0 Å². The van der Waals surface area contributed by atoms with Crippen LogP contribution in [0.5, 0.6) is 0 Å². The third kappa shape index (κ3) is 4.25. The average molecular weight is 346 g/mol. The topological polar surface area (TPSA) is 58.1 Å². The summed E-state index contributed by atoms with van der Waals surface area (Å²) in [5, 5.41) is 3.26. The Labute approximate surface area is 153 Å². The second-order valence-electron chi connectivity index (χ2n) is 6.07. The van der Waals surface area contributed by atoms with Crippen LogP contribution in [-0.2, 0) is 13.0 Å². The number of aryl methyl sites for hydroxylation is 1. The van der Waals surface area contributed by atoms with Gasteiger partial charge in [0.15, 0.2) is 0 Å². The van der Waals surface area contributed by atoms with Crippen LogP contribution in [-0.4, -0.2) is 27.8 Å². The van der Waals surface area contributed by atoms with Crippen LogP contribution < -0.4 is 5.32 Å². The van der Waals surface area contributed by atoms with Crippen molar-refractivity contribution in [1.82, 2.24) is 14.9 Å². The summed E-state index contributed by atoms with van der Waals surface area (Å²) in [5.41, 5.74) is 3.62. The third-order valence-electron chi connectivity index (χ3n) is 4.14. The summed E-state index contributed by atoms with van der Waals surface area (Å²) in [6.07, 6.45) is 4.04. The molecule has 0 fully saturated rings. The SMILES string of the molecule is CCc1ccccc1Nc1cnc(C(=O)N(C)Cc2ccccc2)cn1. The number of carbonyl (C=O) groups excluding carboxylic acids is 1. The Morgan fingerprint density at radius 1 is 1.00 bits per heavy atom. The maximum absolute atomic E-state index is 12.5. The van der Waals surface area contributed by atoms with Gasteiger partial charge in [0, 0.05) is 19.3 Å². The van der Waals surface area contributed by atoms with E-state index in [4.69, 9.17) is 0 Å². The van der Waals surface area contributed by atoms with E-state index in [0.717, 1.165) is 17.7 Å². The molecule has 3 aromatic rings. The second kappa shape index (κ2) is 8.25. The number of para-hydroxylation sites is 1. The van der Waals surface area contributed by atoms with Crippen molar-refractivity contribution >= 4 is 17.4 Å². The Bertz CT molecular complexity index is 863. The number of anilines is 2. The monoisotopic (exact) mass is 346 g/mol. The minimum Gasteiger partial charge on any atom is -0.339 e. The maximum Gasteiger partial charge on any atom is 0.274 e.